The van der Waals surface area contributed by atoms with Gasteiger partial charge in [0.15, 0.2) is 6.79 Å². The molecule has 0 aromatic heterocycles. The highest BCUT2D eigenvalue weighted by Crippen LogP contribution is 2.48. The summed E-state index contributed by atoms with van der Waals surface area (Å²) in [6, 6.07) is 3.53. The zero-order chi connectivity index (χ0) is 12.8. The molecule has 3 rings (SSSR count). The Morgan fingerprint density at radius 2 is 2.17 bits per heavy atom. The van der Waals surface area contributed by atoms with Gasteiger partial charge in [0.05, 0.1) is 12.0 Å². The standard InChI is InChI=1S/C13H13ClO4/c14-10-4-8-6-17-7-18-11(8)5-9(10)13(12(15)16)2-1-3-13/h4-5H,1-3,6-7H2,(H,15,16). The van der Waals surface area contributed by atoms with Gasteiger partial charge in [-0.15, -0.1) is 0 Å². The summed E-state index contributed by atoms with van der Waals surface area (Å²) in [4.78, 5) is 11.5. The molecular formula is C13H13ClO4. The third-order valence-electron chi connectivity index (χ3n) is 3.84. The summed E-state index contributed by atoms with van der Waals surface area (Å²) in [5, 5.41) is 9.93. The van der Waals surface area contributed by atoms with Gasteiger partial charge in [-0.3, -0.25) is 4.79 Å². The van der Waals surface area contributed by atoms with Crippen molar-refractivity contribution in [3.63, 3.8) is 0 Å². The Morgan fingerprint density at radius 1 is 1.39 bits per heavy atom. The summed E-state index contributed by atoms with van der Waals surface area (Å²) >= 11 is 6.23. The van der Waals surface area contributed by atoms with Crippen LogP contribution >= 0.6 is 11.6 Å². The van der Waals surface area contributed by atoms with E-state index in [0.717, 1.165) is 12.0 Å². The average Bonchev–Trinajstić information content (AvgIpc) is 2.27. The summed E-state index contributed by atoms with van der Waals surface area (Å²) in [7, 11) is 0. The van der Waals surface area contributed by atoms with Crippen LogP contribution in [0.5, 0.6) is 5.75 Å². The largest absolute Gasteiger partial charge is 0.481 e. The fourth-order valence-corrected chi connectivity index (χ4v) is 2.96. The lowest BCUT2D eigenvalue weighted by Gasteiger charge is -2.39. The summed E-state index contributed by atoms with van der Waals surface area (Å²) < 4.78 is 10.6. The van der Waals surface area contributed by atoms with Crippen molar-refractivity contribution < 1.29 is 19.4 Å². The number of fused-ring (bicyclic) bond motifs is 1. The Kier molecular flexibility index (Phi) is 2.72. The third-order valence-corrected chi connectivity index (χ3v) is 4.15. The maximum absolute atomic E-state index is 11.5. The molecule has 0 atom stereocenters. The van der Waals surface area contributed by atoms with Crippen LogP contribution in [0.2, 0.25) is 5.02 Å². The van der Waals surface area contributed by atoms with E-state index in [-0.39, 0.29) is 6.79 Å². The molecule has 18 heavy (non-hydrogen) atoms. The molecule has 5 heteroatoms. The SMILES string of the molecule is O=C(O)C1(c2cc3c(cc2Cl)COCO3)CCC1. The highest BCUT2D eigenvalue weighted by molar-refractivity contribution is 6.32. The van der Waals surface area contributed by atoms with Crippen LogP contribution in [0.1, 0.15) is 30.4 Å². The van der Waals surface area contributed by atoms with Gasteiger partial charge >= 0.3 is 5.97 Å². The molecule has 1 N–H and O–H groups in total. The van der Waals surface area contributed by atoms with Crippen LogP contribution in [0.15, 0.2) is 12.1 Å². The molecule has 1 fully saturated rings. The minimum atomic E-state index is -0.826. The first kappa shape index (κ1) is 11.8. The topological polar surface area (TPSA) is 55.8 Å². The summed E-state index contributed by atoms with van der Waals surface area (Å²) in [5.74, 6) is -0.115. The Labute approximate surface area is 109 Å². The summed E-state index contributed by atoms with van der Waals surface area (Å²) in [5.41, 5.74) is 0.715. The van der Waals surface area contributed by atoms with Crippen molar-refractivity contribution in [1.82, 2.24) is 0 Å². The van der Waals surface area contributed by atoms with Crippen LogP contribution in [-0.4, -0.2) is 17.9 Å². The van der Waals surface area contributed by atoms with E-state index in [2.05, 4.69) is 0 Å². The lowest BCUT2D eigenvalue weighted by Crippen LogP contribution is -2.42. The molecule has 0 unspecified atom stereocenters. The van der Waals surface area contributed by atoms with Crippen LogP contribution in [0.3, 0.4) is 0 Å². The molecule has 1 aliphatic carbocycles. The van der Waals surface area contributed by atoms with Crippen molar-refractivity contribution in [3.8, 4) is 5.75 Å². The molecule has 1 aromatic rings. The monoisotopic (exact) mass is 268 g/mol. The predicted octanol–water partition coefficient (Wildman–Crippen LogP) is 2.71. The van der Waals surface area contributed by atoms with Crippen LogP contribution < -0.4 is 4.74 Å². The number of benzene rings is 1. The molecule has 0 bridgehead atoms. The van der Waals surface area contributed by atoms with E-state index in [9.17, 15) is 9.90 Å². The number of rotatable bonds is 2. The van der Waals surface area contributed by atoms with Gasteiger partial charge in [0.1, 0.15) is 5.75 Å². The zero-order valence-electron chi connectivity index (χ0n) is 9.74. The van der Waals surface area contributed by atoms with E-state index in [0.29, 0.717) is 35.8 Å². The Bertz CT molecular complexity index is 508. The second-order valence-electron chi connectivity index (χ2n) is 4.79. The number of carboxylic acids is 1. The molecule has 0 spiro atoms. The number of hydrogen-bond acceptors (Lipinski definition) is 3. The molecule has 1 heterocycles. The molecule has 1 saturated carbocycles. The fourth-order valence-electron chi connectivity index (χ4n) is 2.59. The molecule has 0 amide bonds. The van der Waals surface area contributed by atoms with Gasteiger partial charge in [-0.25, -0.2) is 0 Å². The van der Waals surface area contributed by atoms with Crippen molar-refractivity contribution >= 4 is 17.6 Å². The van der Waals surface area contributed by atoms with Crippen LogP contribution in [0.25, 0.3) is 0 Å². The second-order valence-corrected chi connectivity index (χ2v) is 5.20. The zero-order valence-corrected chi connectivity index (χ0v) is 10.5. The number of hydrogen-bond donors (Lipinski definition) is 1. The van der Waals surface area contributed by atoms with E-state index >= 15 is 0 Å². The van der Waals surface area contributed by atoms with E-state index in [4.69, 9.17) is 21.1 Å². The lowest BCUT2D eigenvalue weighted by molar-refractivity contribution is -0.147. The number of carboxylic acid groups (broad SMARTS) is 1. The van der Waals surface area contributed by atoms with E-state index in [1.807, 2.05) is 0 Å². The van der Waals surface area contributed by atoms with E-state index in [1.54, 1.807) is 12.1 Å². The number of ether oxygens (including phenoxy) is 2. The first-order valence-corrected chi connectivity index (χ1v) is 6.28. The van der Waals surface area contributed by atoms with Gasteiger partial charge in [-0.1, -0.05) is 18.0 Å². The van der Waals surface area contributed by atoms with Crippen LogP contribution in [0, 0.1) is 0 Å². The van der Waals surface area contributed by atoms with Gasteiger partial charge < -0.3 is 14.6 Å². The Balaban J connectivity index is 2.09. The van der Waals surface area contributed by atoms with E-state index in [1.165, 1.54) is 0 Å². The number of halogens is 1. The molecule has 4 nitrogen and oxygen atoms in total. The van der Waals surface area contributed by atoms with Crippen LogP contribution in [0.4, 0.5) is 0 Å². The molecule has 2 aliphatic rings. The summed E-state index contributed by atoms with van der Waals surface area (Å²) in [6.07, 6.45) is 2.19. The van der Waals surface area contributed by atoms with Crippen molar-refractivity contribution in [1.29, 1.82) is 0 Å². The molecule has 96 valence electrons. The maximum Gasteiger partial charge on any atom is 0.314 e. The molecule has 1 aromatic carbocycles. The molecule has 1 aliphatic heterocycles. The summed E-state index contributed by atoms with van der Waals surface area (Å²) in [6.45, 7) is 0.656. The van der Waals surface area contributed by atoms with Crippen LogP contribution in [-0.2, 0) is 21.6 Å². The van der Waals surface area contributed by atoms with Crippen molar-refractivity contribution in [3.05, 3.63) is 28.3 Å². The van der Waals surface area contributed by atoms with Gasteiger partial charge in [-0.2, -0.15) is 0 Å². The van der Waals surface area contributed by atoms with E-state index < -0.39 is 11.4 Å². The van der Waals surface area contributed by atoms with Crippen molar-refractivity contribution in [2.24, 2.45) is 0 Å². The quantitative estimate of drug-likeness (QED) is 0.896. The third kappa shape index (κ3) is 1.60. The maximum atomic E-state index is 11.5. The van der Waals surface area contributed by atoms with Gasteiger partial charge in [0, 0.05) is 10.6 Å². The number of aliphatic carboxylic acids is 1. The van der Waals surface area contributed by atoms with Gasteiger partial charge in [0.25, 0.3) is 0 Å². The average molecular weight is 269 g/mol. The van der Waals surface area contributed by atoms with Gasteiger partial charge in [-0.05, 0) is 30.5 Å². The first-order valence-electron chi connectivity index (χ1n) is 5.90. The fraction of sp³-hybridized carbons (Fsp3) is 0.462. The minimum absolute atomic E-state index is 0.203. The second kappa shape index (κ2) is 4.14. The van der Waals surface area contributed by atoms with Crippen molar-refractivity contribution in [2.75, 3.05) is 6.79 Å². The van der Waals surface area contributed by atoms with Gasteiger partial charge in [0.2, 0.25) is 0 Å². The molecule has 0 saturated heterocycles. The predicted molar refractivity (Wildman–Crippen MR) is 64.9 cm³/mol. The molecular weight excluding hydrogens is 256 g/mol. The highest BCUT2D eigenvalue weighted by Gasteiger charge is 2.47. The smallest absolute Gasteiger partial charge is 0.314 e. The highest BCUT2D eigenvalue weighted by atomic mass is 35.5. The Hall–Kier alpha value is -1.26. The lowest BCUT2D eigenvalue weighted by atomic mass is 9.64. The Morgan fingerprint density at radius 3 is 2.78 bits per heavy atom. The normalized spacial score (nSPS) is 20.5. The number of carbonyl (C=O) groups is 1. The first-order chi connectivity index (χ1) is 8.63. The van der Waals surface area contributed by atoms with Crippen molar-refractivity contribution in [2.45, 2.75) is 31.3 Å². The molecule has 0 radical (unpaired) electrons. The minimum Gasteiger partial charge on any atom is -0.481 e.